The molecule has 1 atom stereocenters. The number of nitrogens with one attached hydrogen (secondary N) is 1. The average Bonchev–Trinajstić information content (AvgIpc) is 3.55. The molecule has 2 aromatic carbocycles. The van der Waals surface area contributed by atoms with Crippen molar-refractivity contribution in [2.75, 3.05) is 17.7 Å². The molecular weight excluding hydrogens is 576 g/mol. The normalized spacial score (nSPS) is 15.8. The third-order valence-electron chi connectivity index (χ3n) is 6.46. The van der Waals surface area contributed by atoms with E-state index in [1.54, 1.807) is 0 Å². The zero-order valence-electron chi connectivity index (χ0n) is 22.5. The number of nitriles is 2. The summed E-state index contributed by atoms with van der Waals surface area (Å²) in [5.74, 6) is 0.0291. The Labute approximate surface area is 252 Å². The number of rotatable bonds is 9. The summed E-state index contributed by atoms with van der Waals surface area (Å²) in [5, 5.41) is 27.1. The van der Waals surface area contributed by atoms with Gasteiger partial charge < -0.3 is 20.5 Å². The fourth-order valence-corrected chi connectivity index (χ4v) is 6.44. The van der Waals surface area contributed by atoms with Crippen molar-refractivity contribution in [3.63, 3.8) is 0 Å². The Morgan fingerprint density at radius 3 is 2.61 bits per heavy atom. The molecule has 0 saturated carbocycles. The number of thioether (sulfide) groups is 1. The monoisotopic (exact) mass is 602 g/mol. The topological polar surface area (TPSA) is 130 Å². The number of aromatic nitrogens is 2. The summed E-state index contributed by atoms with van der Waals surface area (Å²) in [4.78, 5) is 9.06. The second-order valence-electron chi connectivity index (χ2n) is 9.91. The second kappa shape index (κ2) is 12.5. The van der Waals surface area contributed by atoms with Crippen LogP contribution in [0, 0.1) is 22.7 Å². The summed E-state index contributed by atoms with van der Waals surface area (Å²) in [7, 11) is 0. The minimum atomic E-state index is -0.539. The lowest BCUT2D eigenvalue weighted by molar-refractivity contribution is -0.138. The summed E-state index contributed by atoms with van der Waals surface area (Å²) >= 11 is 8.91. The Balaban J connectivity index is 1.32. The van der Waals surface area contributed by atoms with E-state index >= 15 is 0 Å². The smallest absolute Gasteiger partial charge is 0.187 e. The van der Waals surface area contributed by atoms with E-state index in [1.165, 1.54) is 23.1 Å². The highest BCUT2D eigenvalue weighted by Crippen LogP contribution is 2.37. The maximum atomic E-state index is 10.1. The third-order valence-corrected chi connectivity index (χ3v) is 8.52. The molecule has 0 bridgehead atoms. The van der Waals surface area contributed by atoms with Crippen LogP contribution >= 0.6 is 34.7 Å². The molecule has 0 spiro atoms. The van der Waals surface area contributed by atoms with Gasteiger partial charge in [-0.2, -0.15) is 10.5 Å². The average molecular weight is 603 g/mol. The Morgan fingerprint density at radius 2 is 1.93 bits per heavy atom. The number of pyridine rings is 1. The molecule has 0 radical (unpaired) electrons. The number of benzene rings is 2. The maximum absolute atomic E-state index is 10.1. The van der Waals surface area contributed by atoms with Gasteiger partial charge in [0, 0.05) is 27.4 Å². The van der Waals surface area contributed by atoms with Crippen molar-refractivity contribution in [2.45, 2.75) is 49.4 Å². The number of hydrogen-bond acceptors (Lipinski definition) is 10. The van der Waals surface area contributed by atoms with Crippen LogP contribution in [-0.2, 0) is 21.6 Å². The Bertz CT molecular complexity index is 1640. The van der Waals surface area contributed by atoms with Crippen LogP contribution in [0.25, 0.3) is 11.1 Å². The Kier molecular flexibility index (Phi) is 8.79. The first-order chi connectivity index (χ1) is 19.7. The SMILES string of the molecule is CC1(C)OCC(CCc2ccc(-c3c(C#N)c(N)nc(SCc4csc(Nc5cccc(Cl)c5)n4)c3C#N)cc2)O1. The minimum Gasteiger partial charge on any atom is -0.383 e. The second-order valence-corrected chi connectivity index (χ2v) is 12.2. The molecule has 8 nitrogen and oxygen atoms in total. The lowest BCUT2D eigenvalue weighted by atomic mass is 9.95. The first kappa shape index (κ1) is 28.9. The van der Waals surface area contributed by atoms with E-state index in [0.717, 1.165) is 40.5 Å². The van der Waals surface area contributed by atoms with Gasteiger partial charge in [0.1, 0.15) is 28.5 Å². The zero-order valence-corrected chi connectivity index (χ0v) is 24.9. The van der Waals surface area contributed by atoms with Gasteiger partial charge in [0.15, 0.2) is 10.9 Å². The van der Waals surface area contributed by atoms with Crippen molar-refractivity contribution in [2.24, 2.45) is 0 Å². The predicted molar refractivity (Wildman–Crippen MR) is 163 cm³/mol. The molecule has 1 fully saturated rings. The van der Waals surface area contributed by atoms with Gasteiger partial charge in [0.2, 0.25) is 0 Å². The molecular formula is C30H27ClN6O2S2. The molecule has 0 aliphatic carbocycles. The molecule has 5 rings (SSSR count). The van der Waals surface area contributed by atoms with Crippen molar-refractivity contribution in [1.29, 1.82) is 10.5 Å². The number of ether oxygens (including phenoxy) is 2. The van der Waals surface area contributed by atoms with E-state index in [2.05, 4.69) is 27.4 Å². The van der Waals surface area contributed by atoms with Crippen molar-refractivity contribution in [1.82, 2.24) is 9.97 Å². The van der Waals surface area contributed by atoms with E-state index in [-0.39, 0.29) is 17.5 Å². The molecule has 1 aliphatic heterocycles. The number of thiazole rings is 1. The highest BCUT2D eigenvalue weighted by atomic mass is 35.5. The van der Waals surface area contributed by atoms with Crippen molar-refractivity contribution in [3.05, 3.63) is 81.3 Å². The highest BCUT2D eigenvalue weighted by Gasteiger charge is 2.32. The summed E-state index contributed by atoms with van der Waals surface area (Å²) in [5.41, 5.74) is 10.8. The molecule has 3 N–H and O–H groups in total. The largest absolute Gasteiger partial charge is 0.383 e. The fraction of sp³-hybridized carbons (Fsp3) is 0.267. The Morgan fingerprint density at radius 1 is 1.15 bits per heavy atom. The fourth-order valence-electron chi connectivity index (χ4n) is 4.52. The van der Waals surface area contributed by atoms with E-state index in [9.17, 15) is 10.5 Å². The van der Waals surface area contributed by atoms with Gasteiger partial charge in [-0.3, -0.25) is 0 Å². The van der Waals surface area contributed by atoms with E-state index < -0.39 is 5.79 Å². The third kappa shape index (κ3) is 6.99. The van der Waals surface area contributed by atoms with Gasteiger partial charge in [-0.25, -0.2) is 9.97 Å². The molecule has 0 amide bonds. The van der Waals surface area contributed by atoms with Gasteiger partial charge in [0.05, 0.1) is 24.0 Å². The van der Waals surface area contributed by atoms with Crippen LogP contribution in [0.4, 0.5) is 16.6 Å². The molecule has 1 saturated heterocycles. The van der Waals surface area contributed by atoms with Gasteiger partial charge in [-0.15, -0.1) is 11.3 Å². The van der Waals surface area contributed by atoms with Crippen molar-refractivity contribution in [3.8, 4) is 23.3 Å². The molecule has 3 heterocycles. The molecule has 4 aromatic rings. The van der Waals surface area contributed by atoms with Crippen molar-refractivity contribution >= 4 is 51.3 Å². The van der Waals surface area contributed by atoms with Crippen LogP contribution in [0.2, 0.25) is 5.02 Å². The quantitative estimate of drug-likeness (QED) is 0.189. The predicted octanol–water partition coefficient (Wildman–Crippen LogP) is 7.30. The molecule has 41 heavy (non-hydrogen) atoms. The number of hydrogen-bond donors (Lipinski definition) is 2. The molecule has 1 unspecified atom stereocenters. The summed E-state index contributed by atoms with van der Waals surface area (Å²) < 4.78 is 11.6. The summed E-state index contributed by atoms with van der Waals surface area (Å²) in [6, 6.07) is 19.7. The number of nitrogens with two attached hydrogens (primary N) is 1. The lowest BCUT2D eigenvalue weighted by Gasteiger charge is -2.17. The molecule has 2 aromatic heterocycles. The lowest BCUT2D eigenvalue weighted by Crippen LogP contribution is -2.21. The first-order valence-corrected chi connectivity index (χ1v) is 15.1. The van der Waals surface area contributed by atoms with Crippen LogP contribution < -0.4 is 11.1 Å². The van der Waals surface area contributed by atoms with Crippen LogP contribution in [0.1, 0.15) is 42.7 Å². The molecule has 1 aliphatic rings. The van der Waals surface area contributed by atoms with Crippen molar-refractivity contribution < 1.29 is 9.47 Å². The number of nitrogens with zero attached hydrogens (tertiary/aromatic N) is 4. The standard InChI is InChI=1S/C30H27ClN6O2S2/c1-30(2)38-15-23(39-30)11-8-18-6-9-19(10-7-18)26-24(13-32)27(34)37-28(25(26)14-33)40-16-22-17-41-29(36-22)35-21-5-3-4-20(31)12-21/h3-7,9-10,12,17,23H,8,11,15-16H2,1-2H3,(H2,34,37)(H,35,36). The number of nitrogen functional groups attached to an aromatic ring is 1. The van der Waals surface area contributed by atoms with Crippen LogP contribution in [0.3, 0.4) is 0 Å². The van der Waals surface area contributed by atoms with Gasteiger partial charge in [0.25, 0.3) is 0 Å². The summed E-state index contributed by atoms with van der Waals surface area (Å²) in [6.45, 7) is 4.42. The number of halogens is 1. The van der Waals surface area contributed by atoms with E-state index in [0.29, 0.717) is 33.5 Å². The van der Waals surface area contributed by atoms with Crippen LogP contribution in [-0.4, -0.2) is 28.5 Å². The van der Waals surface area contributed by atoms with Gasteiger partial charge in [-0.05, 0) is 56.0 Å². The highest BCUT2D eigenvalue weighted by molar-refractivity contribution is 7.98. The first-order valence-electron chi connectivity index (χ1n) is 12.9. The van der Waals surface area contributed by atoms with E-state index in [1.807, 2.05) is 67.8 Å². The number of aryl methyl sites for hydroxylation is 1. The van der Waals surface area contributed by atoms with E-state index in [4.69, 9.17) is 26.8 Å². The number of anilines is 3. The van der Waals surface area contributed by atoms with Gasteiger partial charge in [-0.1, -0.05) is 53.7 Å². The minimum absolute atomic E-state index is 0.0565. The summed E-state index contributed by atoms with van der Waals surface area (Å²) in [6.07, 6.45) is 1.72. The van der Waals surface area contributed by atoms with Crippen LogP contribution in [0.15, 0.2) is 58.9 Å². The zero-order chi connectivity index (χ0) is 29.0. The molecule has 208 valence electrons. The van der Waals surface area contributed by atoms with Crippen LogP contribution in [0.5, 0.6) is 0 Å². The Hall–Kier alpha value is -3.64. The van der Waals surface area contributed by atoms with Gasteiger partial charge >= 0.3 is 0 Å². The maximum Gasteiger partial charge on any atom is 0.187 e. The molecule has 11 heteroatoms.